The van der Waals surface area contributed by atoms with Crippen LogP contribution in [-0.4, -0.2) is 50.3 Å². The van der Waals surface area contributed by atoms with Gasteiger partial charge in [0.2, 0.25) is 0 Å². The summed E-state index contributed by atoms with van der Waals surface area (Å²) in [6.45, 7) is 12.5. The van der Waals surface area contributed by atoms with Gasteiger partial charge in [0.25, 0.3) is 0 Å². The molecule has 30 heavy (non-hydrogen) atoms. The Morgan fingerprint density at radius 2 is 1.93 bits per heavy atom. The first kappa shape index (κ1) is 23.0. The fraction of sp³-hybridized carbons (Fsp3) is 0.682. The summed E-state index contributed by atoms with van der Waals surface area (Å²) in [6.07, 6.45) is 4.33. The van der Waals surface area contributed by atoms with Crippen molar-refractivity contribution in [2.75, 3.05) is 13.1 Å². The molecule has 1 aliphatic carbocycles. The molecule has 2 aliphatic rings. The number of nitrogens with zero attached hydrogens (tertiary/aromatic N) is 2. The summed E-state index contributed by atoms with van der Waals surface area (Å²) in [5.41, 5.74) is 1.68. The maximum Gasteiger partial charge on any atom is 0.410 e. The number of amides is 1. The van der Waals surface area contributed by atoms with Crippen molar-refractivity contribution in [3.8, 4) is 0 Å². The highest BCUT2D eigenvalue weighted by molar-refractivity contribution is 7.90. The zero-order chi connectivity index (χ0) is 22.3. The molecule has 1 spiro atoms. The van der Waals surface area contributed by atoms with Crippen molar-refractivity contribution in [2.24, 2.45) is 5.41 Å². The fourth-order valence-corrected chi connectivity index (χ4v) is 5.10. The van der Waals surface area contributed by atoms with Crippen molar-refractivity contribution in [3.05, 3.63) is 29.1 Å². The second kappa shape index (κ2) is 8.13. The Balaban J connectivity index is 1.84. The van der Waals surface area contributed by atoms with E-state index < -0.39 is 21.7 Å². The van der Waals surface area contributed by atoms with Crippen LogP contribution in [0.4, 0.5) is 4.79 Å². The topological polar surface area (TPSA) is 94.6 Å². The van der Waals surface area contributed by atoms with Gasteiger partial charge in [0.15, 0.2) is 6.29 Å². The van der Waals surface area contributed by atoms with Gasteiger partial charge in [0.05, 0.1) is 6.04 Å². The van der Waals surface area contributed by atoms with Crippen LogP contribution in [0.15, 0.2) is 12.3 Å². The first-order valence-electron chi connectivity index (χ1n) is 10.4. The summed E-state index contributed by atoms with van der Waals surface area (Å²) in [6, 6.07) is 1.68. The van der Waals surface area contributed by atoms with Gasteiger partial charge in [0, 0.05) is 47.3 Å². The SMILES string of the molecule is CC(C)(C)OC(=O)N1CCC2(CC1)Cc1ncc(C=O)cc1[C@H]2N[S+]([O-])C(C)(C)C. The largest absolute Gasteiger partial charge is 0.598 e. The lowest BCUT2D eigenvalue weighted by Gasteiger charge is -2.43. The minimum atomic E-state index is -1.27. The van der Waals surface area contributed by atoms with Crippen LogP contribution in [0.2, 0.25) is 0 Å². The summed E-state index contributed by atoms with van der Waals surface area (Å²) in [5.74, 6) is 0. The molecule has 2 heterocycles. The maximum atomic E-state index is 13.0. The fourth-order valence-electron chi connectivity index (χ4n) is 4.15. The smallest absolute Gasteiger partial charge is 0.410 e. The lowest BCUT2D eigenvalue weighted by atomic mass is 9.73. The molecular formula is C22H33N3O4S. The number of carbonyl (C=O) groups excluding carboxylic acids is 2. The molecule has 2 atom stereocenters. The zero-order valence-corrected chi connectivity index (χ0v) is 19.6. The molecule has 0 saturated carbocycles. The highest BCUT2D eigenvalue weighted by atomic mass is 32.2. The van der Waals surface area contributed by atoms with Gasteiger partial charge >= 0.3 is 6.09 Å². The number of aromatic nitrogens is 1. The number of likely N-dealkylation sites (tertiary alicyclic amines) is 1. The number of fused-ring (bicyclic) bond motifs is 1. The van der Waals surface area contributed by atoms with Crippen molar-refractivity contribution in [3.63, 3.8) is 0 Å². The van der Waals surface area contributed by atoms with Gasteiger partial charge in [-0.2, -0.15) is 0 Å². The van der Waals surface area contributed by atoms with E-state index in [9.17, 15) is 14.1 Å². The van der Waals surface area contributed by atoms with Crippen molar-refractivity contribution >= 4 is 23.7 Å². The first-order chi connectivity index (χ1) is 13.8. The second-order valence-corrected chi connectivity index (χ2v) is 12.4. The predicted octanol–water partition coefficient (Wildman–Crippen LogP) is 3.56. The number of nitrogens with one attached hydrogen (secondary N) is 1. The van der Waals surface area contributed by atoms with Gasteiger partial charge in [-0.05, 0) is 72.4 Å². The number of carbonyl (C=O) groups is 2. The molecule has 1 amide bonds. The van der Waals surface area contributed by atoms with Crippen LogP contribution in [0.25, 0.3) is 0 Å². The van der Waals surface area contributed by atoms with Crippen molar-refractivity contribution < 1.29 is 18.9 Å². The van der Waals surface area contributed by atoms with E-state index in [1.54, 1.807) is 11.1 Å². The Labute approximate surface area is 182 Å². The van der Waals surface area contributed by atoms with Crippen LogP contribution in [0.3, 0.4) is 0 Å². The molecule has 0 radical (unpaired) electrons. The number of rotatable bonds is 3. The van der Waals surface area contributed by atoms with E-state index in [0.29, 0.717) is 18.7 Å². The minimum Gasteiger partial charge on any atom is -0.598 e. The van der Waals surface area contributed by atoms with Crippen molar-refractivity contribution in [1.82, 2.24) is 14.6 Å². The zero-order valence-electron chi connectivity index (χ0n) is 18.8. The third-order valence-corrected chi connectivity index (χ3v) is 7.36. The van der Waals surface area contributed by atoms with Crippen molar-refractivity contribution in [2.45, 2.75) is 77.2 Å². The predicted molar refractivity (Wildman–Crippen MR) is 117 cm³/mol. The molecular weight excluding hydrogens is 402 g/mol. The van der Waals surface area contributed by atoms with Crippen LogP contribution in [0.5, 0.6) is 0 Å². The number of ether oxygens (including phenoxy) is 1. The highest BCUT2D eigenvalue weighted by Crippen LogP contribution is 2.52. The number of pyridine rings is 1. The van der Waals surface area contributed by atoms with E-state index >= 15 is 0 Å². The summed E-state index contributed by atoms with van der Waals surface area (Å²) >= 11 is -1.27. The number of aldehydes is 1. The van der Waals surface area contributed by atoms with Gasteiger partial charge < -0.3 is 14.2 Å². The Morgan fingerprint density at radius 1 is 1.30 bits per heavy atom. The molecule has 1 aliphatic heterocycles. The molecule has 3 rings (SSSR count). The average molecular weight is 436 g/mol. The first-order valence-corrected chi connectivity index (χ1v) is 11.6. The molecule has 1 fully saturated rings. The second-order valence-electron chi connectivity index (χ2n) is 10.4. The molecule has 1 saturated heterocycles. The van der Waals surface area contributed by atoms with E-state index in [2.05, 4.69) is 9.71 Å². The Morgan fingerprint density at radius 3 is 2.47 bits per heavy atom. The molecule has 0 bridgehead atoms. The van der Waals surface area contributed by atoms with Gasteiger partial charge in [-0.25, -0.2) is 4.79 Å². The molecule has 1 aromatic rings. The van der Waals surface area contributed by atoms with Gasteiger partial charge in [-0.3, -0.25) is 9.78 Å². The van der Waals surface area contributed by atoms with Crippen LogP contribution in [-0.2, 0) is 22.5 Å². The van der Waals surface area contributed by atoms with Crippen molar-refractivity contribution in [1.29, 1.82) is 0 Å². The third kappa shape index (κ3) is 4.81. The minimum absolute atomic E-state index is 0.180. The molecule has 7 nitrogen and oxygen atoms in total. The Bertz CT molecular complexity index is 808. The van der Waals surface area contributed by atoms with E-state index in [1.807, 2.05) is 47.6 Å². The van der Waals surface area contributed by atoms with Crippen LogP contribution >= 0.6 is 0 Å². The van der Waals surface area contributed by atoms with E-state index in [1.165, 1.54) is 0 Å². The lowest BCUT2D eigenvalue weighted by molar-refractivity contribution is 0.00710. The third-order valence-electron chi connectivity index (χ3n) is 5.80. The molecule has 8 heteroatoms. The Kier molecular flexibility index (Phi) is 6.24. The van der Waals surface area contributed by atoms with Gasteiger partial charge in [-0.15, -0.1) is 4.72 Å². The van der Waals surface area contributed by atoms with E-state index in [0.717, 1.165) is 36.8 Å². The summed E-state index contributed by atoms with van der Waals surface area (Å²) in [4.78, 5) is 30.1. The summed E-state index contributed by atoms with van der Waals surface area (Å²) < 4.78 is 21.4. The van der Waals surface area contributed by atoms with E-state index in [4.69, 9.17) is 4.74 Å². The average Bonchev–Trinajstić information content (AvgIpc) is 2.92. The monoisotopic (exact) mass is 435 g/mol. The van der Waals surface area contributed by atoms with Crippen LogP contribution in [0.1, 0.15) is 82.0 Å². The lowest BCUT2D eigenvalue weighted by Crippen LogP contribution is -2.51. The van der Waals surface area contributed by atoms with Gasteiger partial charge in [-0.1, -0.05) is 0 Å². The Hall–Kier alpha value is -1.64. The molecule has 1 N–H and O–H groups in total. The number of piperidine rings is 1. The normalized spacial score (nSPS) is 22.0. The molecule has 0 aromatic carbocycles. The standard InChI is InChI=1S/C22H33N3O4S/c1-20(2,3)29-19(27)25-9-7-22(8-10-25)12-17-16(11-15(14-26)13-23-17)18(22)24-30(28)21(4,5)6/h11,13-14,18,24H,7-10,12H2,1-6H3/t18-,30?/m1/s1. The van der Waals surface area contributed by atoms with Crippen LogP contribution < -0.4 is 4.72 Å². The summed E-state index contributed by atoms with van der Waals surface area (Å²) in [5, 5.41) is 0. The maximum absolute atomic E-state index is 13.0. The highest BCUT2D eigenvalue weighted by Gasteiger charge is 2.51. The van der Waals surface area contributed by atoms with Gasteiger partial charge in [0.1, 0.15) is 10.3 Å². The summed E-state index contributed by atoms with van der Waals surface area (Å²) in [7, 11) is 0. The molecule has 1 unspecified atom stereocenters. The molecule has 1 aromatic heterocycles. The van der Waals surface area contributed by atoms with E-state index in [-0.39, 0.29) is 17.6 Å². The number of hydrogen-bond acceptors (Lipinski definition) is 6. The quantitative estimate of drug-likeness (QED) is 0.576. The van der Waals surface area contributed by atoms with Crippen LogP contribution in [0, 0.1) is 5.41 Å². The molecule has 166 valence electrons. The number of hydrogen-bond donors (Lipinski definition) is 1.